The monoisotopic (exact) mass is 386 g/mol. The molecule has 0 spiro atoms. The van der Waals surface area contributed by atoms with Crippen LogP contribution in [0.15, 0.2) is 60.7 Å². The third kappa shape index (κ3) is 4.70. The number of amides is 1. The second-order valence-electron chi connectivity index (χ2n) is 6.61. The van der Waals surface area contributed by atoms with Crippen LogP contribution in [-0.2, 0) is 30.5 Å². The maximum atomic E-state index is 13.3. The largest absolute Gasteiger partial charge is 0.416 e. The van der Waals surface area contributed by atoms with Crippen LogP contribution in [0.25, 0.3) is 10.8 Å². The van der Waals surface area contributed by atoms with Gasteiger partial charge in [-0.15, -0.1) is 0 Å². The van der Waals surface area contributed by atoms with Crippen LogP contribution < -0.4 is 10.6 Å². The Hall–Kier alpha value is -2.86. The van der Waals surface area contributed by atoms with Crippen molar-refractivity contribution in [2.24, 2.45) is 0 Å². The highest BCUT2D eigenvalue weighted by molar-refractivity contribution is 5.90. The van der Waals surface area contributed by atoms with Crippen LogP contribution in [0.4, 0.5) is 13.2 Å². The molecule has 28 heavy (non-hydrogen) atoms. The summed E-state index contributed by atoms with van der Waals surface area (Å²) in [5.41, 5.74) is 0.804. The van der Waals surface area contributed by atoms with Gasteiger partial charge in [-0.3, -0.25) is 4.79 Å². The van der Waals surface area contributed by atoms with Crippen molar-refractivity contribution in [1.82, 2.24) is 10.6 Å². The second kappa shape index (κ2) is 8.44. The first-order valence-corrected chi connectivity index (χ1v) is 8.95. The summed E-state index contributed by atoms with van der Waals surface area (Å²) in [6, 6.07) is 17.7. The SMILES string of the molecule is CNCc1ccc(CNC(=O)Cc2cccc3ccccc23)cc1C(F)(F)F. The Morgan fingerprint density at radius 3 is 2.43 bits per heavy atom. The molecule has 0 aromatic heterocycles. The molecule has 0 aliphatic carbocycles. The van der Waals surface area contributed by atoms with Crippen molar-refractivity contribution in [2.75, 3.05) is 7.05 Å². The number of benzene rings is 3. The average Bonchev–Trinajstić information content (AvgIpc) is 2.67. The lowest BCUT2D eigenvalue weighted by Gasteiger charge is -2.15. The summed E-state index contributed by atoms with van der Waals surface area (Å²) in [7, 11) is 1.60. The van der Waals surface area contributed by atoms with Crippen molar-refractivity contribution in [3.63, 3.8) is 0 Å². The maximum absolute atomic E-state index is 13.3. The third-order valence-electron chi connectivity index (χ3n) is 4.57. The molecular weight excluding hydrogens is 365 g/mol. The van der Waals surface area contributed by atoms with Gasteiger partial charge < -0.3 is 10.6 Å². The molecule has 0 heterocycles. The number of carbonyl (C=O) groups excluding carboxylic acids is 1. The van der Waals surface area contributed by atoms with E-state index in [1.165, 1.54) is 6.07 Å². The van der Waals surface area contributed by atoms with E-state index in [4.69, 9.17) is 0 Å². The molecule has 0 unspecified atom stereocenters. The first-order valence-electron chi connectivity index (χ1n) is 8.95. The first kappa shape index (κ1) is 19.9. The molecule has 3 rings (SSSR count). The first-order chi connectivity index (χ1) is 13.4. The molecule has 0 bridgehead atoms. The van der Waals surface area contributed by atoms with Crippen LogP contribution in [0.5, 0.6) is 0 Å². The highest BCUT2D eigenvalue weighted by atomic mass is 19.4. The van der Waals surface area contributed by atoms with Crippen LogP contribution in [0, 0.1) is 0 Å². The topological polar surface area (TPSA) is 41.1 Å². The molecule has 3 aromatic rings. The number of hydrogen-bond acceptors (Lipinski definition) is 2. The fourth-order valence-electron chi connectivity index (χ4n) is 3.22. The van der Waals surface area contributed by atoms with E-state index >= 15 is 0 Å². The Balaban J connectivity index is 1.70. The number of carbonyl (C=O) groups is 1. The summed E-state index contributed by atoms with van der Waals surface area (Å²) in [6.45, 7) is 0.176. The van der Waals surface area contributed by atoms with Gasteiger partial charge in [0.15, 0.2) is 0 Å². The number of fused-ring (bicyclic) bond motifs is 1. The van der Waals surface area contributed by atoms with Gasteiger partial charge in [0.05, 0.1) is 12.0 Å². The fraction of sp³-hybridized carbons (Fsp3) is 0.227. The lowest BCUT2D eigenvalue weighted by molar-refractivity contribution is -0.138. The smallest absolute Gasteiger partial charge is 0.352 e. The second-order valence-corrected chi connectivity index (χ2v) is 6.61. The van der Waals surface area contributed by atoms with E-state index in [-0.39, 0.29) is 31.0 Å². The minimum absolute atomic E-state index is 0.0481. The minimum Gasteiger partial charge on any atom is -0.352 e. The minimum atomic E-state index is -4.44. The van der Waals surface area contributed by atoms with Crippen molar-refractivity contribution in [2.45, 2.75) is 25.7 Å². The summed E-state index contributed by atoms with van der Waals surface area (Å²) in [4.78, 5) is 12.3. The molecule has 0 saturated heterocycles. The van der Waals surface area contributed by atoms with E-state index < -0.39 is 11.7 Å². The fourth-order valence-corrected chi connectivity index (χ4v) is 3.22. The van der Waals surface area contributed by atoms with Gasteiger partial charge in [-0.05, 0) is 40.6 Å². The molecule has 2 N–H and O–H groups in total. The van der Waals surface area contributed by atoms with Gasteiger partial charge in [0.1, 0.15) is 0 Å². The maximum Gasteiger partial charge on any atom is 0.416 e. The molecule has 0 aliphatic heterocycles. The summed E-state index contributed by atoms with van der Waals surface area (Å²) in [5.74, 6) is -0.232. The Morgan fingerprint density at radius 2 is 1.68 bits per heavy atom. The van der Waals surface area contributed by atoms with Gasteiger partial charge >= 0.3 is 6.18 Å². The molecule has 0 radical (unpaired) electrons. The number of rotatable bonds is 6. The van der Waals surface area contributed by atoms with Crippen LogP contribution in [0.2, 0.25) is 0 Å². The normalized spacial score (nSPS) is 11.6. The third-order valence-corrected chi connectivity index (χ3v) is 4.57. The zero-order valence-corrected chi connectivity index (χ0v) is 15.4. The Kier molecular flexibility index (Phi) is 5.99. The molecule has 146 valence electrons. The van der Waals surface area contributed by atoms with E-state index in [1.807, 2.05) is 42.5 Å². The van der Waals surface area contributed by atoms with Gasteiger partial charge in [0.25, 0.3) is 0 Å². The Bertz CT molecular complexity index is 978. The van der Waals surface area contributed by atoms with Gasteiger partial charge in [0, 0.05) is 13.1 Å². The summed E-state index contributed by atoms with van der Waals surface area (Å²) < 4.78 is 39.8. The van der Waals surface area contributed by atoms with E-state index in [0.29, 0.717) is 5.56 Å². The molecule has 0 saturated carbocycles. The van der Waals surface area contributed by atoms with Gasteiger partial charge in [-0.25, -0.2) is 0 Å². The van der Waals surface area contributed by atoms with Crippen molar-refractivity contribution < 1.29 is 18.0 Å². The summed E-state index contributed by atoms with van der Waals surface area (Å²) in [5, 5.41) is 7.50. The van der Waals surface area contributed by atoms with Crippen LogP contribution in [0.3, 0.4) is 0 Å². The average molecular weight is 386 g/mol. The Morgan fingerprint density at radius 1 is 0.929 bits per heavy atom. The Labute approximate surface area is 161 Å². The van der Waals surface area contributed by atoms with Crippen molar-refractivity contribution >= 4 is 16.7 Å². The number of nitrogens with one attached hydrogen (secondary N) is 2. The predicted molar refractivity (Wildman–Crippen MR) is 104 cm³/mol. The molecule has 0 atom stereocenters. The lowest BCUT2D eigenvalue weighted by Crippen LogP contribution is -2.25. The van der Waals surface area contributed by atoms with E-state index in [9.17, 15) is 18.0 Å². The highest BCUT2D eigenvalue weighted by Crippen LogP contribution is 2.32. The summed E-state index contributed by atoms with van der Waals surface area (Å²) >= 11 is 0. The standard InChI is InChI=1S/C22H21F3N2O/c1-26-14-18-10-9-15(11-20(18)22(23,24)25)13-27-21(28)12-17-7-4-6-16-5-2-3-8-19(16)17/h2-11,26H,12-14H2,1H3,(H,27,28). The van der Waals surface area contributed by atoms with Crippen LogP contribution in [-0.4, -0.2) is 13.0 Å². The van der Waals surface area contributed by atoms with E-state index in [0.717, 1.165) is 22.4 Å². The van der Waals surface area contributed by atoms with Crippen LogP contribution >= 0.6 is 0 Å². The quantitative estimate of drug-likeness (QED) is 0.658. The number of alkyl halides is 3. The van der Waals surface area contributed by atoms with Crippen molar-refractivity contribution in [1.29, 1.82) is 0 Å². The lowest BCUT2D eigenvalue weighted by atomic mass is 10.0. The molecule has 0 fully saturated rings. The van der Waals surface area contributed by atoms with E-state index in [1.54, 1.807) is 13.1 Å². The molecule has 0 aliphatic rings. The van der Waals surface area contributed by atoms with Gasteiger partial charge in [0.2, 0.25) is 5.91 Å². The van der Waals surface area contributed by atoms with Gasteiger partial charge in [-0.1, -0.05) is 54.6 Å². The molecular formula is C22H21F3N2O. The number of halogens is 3. The predicted octanol–water partition coefficient (Wildman–Crippen LogP) is 4.44. The molecule has 1 amide bonds. The molecule has 3 nitrogen and oxygen atoms in total. The van der Waals surface area contributed by atoms with Crippen molar-refractivity contribution in [3.8, 4) is 0 Å². The summed E-state index contributed by atoms with van der Waals surface area (Å²) in [6.07, 6.45) is -4.26. The van der Waals surface area contributed by atoms with Gasteiger partial charge in [-0.2, -0.15) is 13.2 Å². The number of hydrogen-bond donors (Lipinski definition) is 2. The van der Waals surface area contributed by atoms with Crippen LogP contribution in [0.1, 0.15) is 22.3 Å². The molecule has 3 aromatic carbocycles. The molecule has 6 heteroatoms. The van der Waals surface area contributed by atoms with Crippen molar-refractivity contribution in [3.05, 3.63) is 82.9 Å². The highest BCUT2D eigenvalue weighted by Gasteiger charge is 2.33. The van der Waals surface area contributed by atoms with E-state index in [2.05, 4.69) is 10.6 Å². The zero-order valence-electron chi connectivity index (χ0n) is 15.4. The zero-order chi connectivity index (χ0) is 20.1.